The number of carbonyl (C=O) groups is 1. The molecule has 0 aromatic heterocycles. The van der Waals surface area contributed by atoms with E-state index in [2.05, 4.69) is 58.7 Å². The second kappa shape index (κ2) is 8.68. The van der Waals surface area contributed by atoms with Crippen molar-refractivity contribution in [3.63, 3.8) is 0 Å². The number of hydrogen-bond acceptors (Lipinski definition) is 3. The van der Waals surface area contributed by atoms with Crippen molar-refractivity contribution in [2.75, 3.05) is 26.3 Å². The molecule has 0 spiro atoms. The standard InChI is InChI=1S/C23H28N2O2/c26-23(21-12-15-27-17-21)24-22-10-13-25(14-11-22)16-18-6-8-20(9-7-18)19-4-2-1-3-5-19/h1-9,21-22H,10-17H2,(H,24,26)/t21-/m1/s1. The van der Waals surface area contributed by atoms with Gasteiger partial charge < -0.3 is 10.1 Å². The summed E-state index contributed by atoms with van der Waals surface area (Å²) in [5.41, 5.74) is 3.87. The molecular formula is C23H28N2O2. The molecule has 0 unspecified atom stereocenters. The second-order valence-electron chi connectivity index (χ2n) is 7.68. The molecule has 2 aliphatic heterocycles. The molecule has 2 aromatic carbocycles. The van der Waals surface area contributed by atoms with Gasteiger partial charge in [-0.3, -0.25) is 9.69 Å². The molecule has 2 heterocycles. The lowest BCUT2D eigenvalue weighted by Gasteiger charge is -2.32. The first-order chi connectivity index (χ1) is 13.3. The lowest BCUT2D eigenvalue weighted by Crippen LogP contribution is -2.46. The molecule has 142 valence electrons. The normalized spacial score (nSPS) is 21.3. The highest BCUT2D eigenvalue weighted by molar-refractivity contribution is 5.79. The Morgan fingerprint density at radius 3 is 2.33 bits per heavy atom. The third kappa shape index (κ3) is 4.76. The van der Waals surface area contributed by atoms with E-state index in [0.717, 1.165) is 45.5 Å². The summed E-state index contributed by atoms with van der Waals surface area (Å²) in [6.45, 7) is 4.36. The van der Waals surface area contributed by atoms with Gasteiger partial charge in [0.15, 0.2) is 0 Å². The maximum Gasteiger partial charge on any atom is 0.225 e. The highest BCUT2D eigenvalue weighted by Gasteiger charge is 2.27. The largest absolute Gasteiger partial charge is 0.381 e. The molecule has 2 fully saturated rings. The molecular weight excluding hydrogens is 336 g/mol. The summed E-state index contributed by atoms with van der Waals surface area (Å²) in [7, 11) is 0. The van der Waals surface area contributed by atoms with Crippen molar-refractivity contribution in [1.82, 2.24) is 10.2 Å². The first-order valence-electron chi connectivity index (χ1n) is 10.0. The van der Waals surface area contributed by atoms with Crippen LogP contribution in [-0.2, 0) is 16.1 Å². The van der Waals surface area contributed by atoms with E-state index < -0.39 is 0 Å². The second-order valence-corrected chi connectivity index (χ2v) is 7.68. The van der Waals surface area contributed by atoms with Gasteiger partial charge >= 0.3 is 0 Å². The van der Waals surface area contributed by atoms with Crippen molar-refractivity contribution in [3.05, 3.63) is 60.2 Å². The van der Waals surface area contributed by atoms with Crippen LogP contribution in [0.25, 0.3) is 11.1 Å². The van der Waals surface area contributed by atoms with E-state index in [0.29, 0.717) is 12.6 Å². The quantitative estimate of drug-likeness (QED) is 0.883. The number of benzene rings is 2. The zero-order valence-corrected chi connectivity index (χ0v) is 15.8. The lowest BCUT2D eigenvalue weighted by molar-refractivity contribution is -0.126. The van der Waals surface area contributed by atoms with Gasteiger partial charge in [-0.2, -0.15) is 0 Å². The van der Waals surface area contributed by atoms with Gasteiger partial charge in [0.25, 0.3) is 0 Å². The summed E-state index contributed by atoms with van der Waals surface area (Å²) in [4.78, 5) is 14.7. The SMILES string of the molecule is O=C(NC1CCN(Cc2ccc(-c3ccccc3)cc2)CC1)[C@@H]1CCOC1. The Morgan fingerprint density at radius 1 is 0.963 bits per heavy atom. The van der Waals surface area contributed by atoms with Crippen LogP contribution in [0.1, 0.15) is 24.8 Å². The van der Waals surface area contributed by atoms with E-state index in [9.17, 15) is 4.79 Å². The molecule has 0 aliphatic carbocycles. The zero-order chi connectivity index (χ0) is 18.5. The third-order valence-electron chi connectivity index (χ3n) is 5.70. The first kappa shape index (κ1) is 18.2. The molecule has 4 heteroatoms. The Hall–Kier alpha value is -2.17. The highest BCUT2D eigenvalue weighted by atomic mass is 16.5. The predicted molar refractivity (Wildman–Crippen MR) is 107 cm³/mol. The number of likely N-dealkylation sites (tertiary alicyclic amines) is 1. The van der Waals surface area contributed by atoms with E-state index in [1.807, 2.05) is 6.07 Å². The Balaban J connectivity index is 1.25. The Morgan fingerprint density at radius 2 is 1.67 bits per heavy atom. The topological polar surface area (TPSA) is 41.6 Å². The maximum atomic E-state index is 12.2. The van der Waals surface area contributed by atoms with Crippen LogP contribution in [-0.4, -0.2) is 43.2 Å². The van der Waals surface area contributed by atoms with Crippen molar-refractivity contribution >= 4 is 5.91 Å². The van der Waals surface area contributed by atoms with Crippen molar-refractivity contribution < 1.29 is 9.53 Å². The molecule has 1 amide bonds. The zero-order valence-electron chi connectivity index (χ0n) is 15.8. The number of hydrogen-bond donors (Lipinski definition) is 1. The average Bonchev–Trinajstić information content (AvgIpc) is 3.26. The van der Waals surface area contributed by atoms with Gasteiger partial charge in [0.1, 0.15) is 0 Å². The van der Waals surface area contributed by atoms with Gasteiger partial charge in [0, 0.05) is 32.3 Å². The molecule has 1 N–H and O–H groups in total. The Bertz CT molecular complexity index is 731. The van der Waals surface area contributed by atoms with Crippen LogP contribution in [0.4, 0.5) is 0 Å². The van der Waals surface area contributed by atoms with E-state index >= 15 is 0 Å². The fraction of sp³-hybridized carbons (Fsp3) is 0.435. The molecule has 0 radical (unpaired) electrons. The van der Waals surface area contributed by atoms with E-state index in [1.54, 1.807) is 0 Å². The molecule has 27 heavy (non-hydrogen) atoms. The van der Waals surface area contributed by atoms with Crippen LogP contribution in [0, 0.1) is 5.92 Å². The van der Waals surface area contributed by atoms with Crippen molar-refractivity contribution in [2.24, 2.45) is 5.92 Å². The minimum Gasteiger partial charge on any atom is -0.381 e. The number of rotatable bonds is 5. The van der Waals surface area contributed by atoms with Gasteiger partial charge in [0.05, 0.1) is 12.5 Å². The summed E-state index contributed by atoms with van der Waals surface area (Å²) in [5, 5.41) is 3.23. The summed E-state index contributed by atoms with van der Waals surface area (Å²) < 4.78 is 5.32. The molecule has 0 bridgehead atoms. The molecule has 2 saturated heterocycles. The van der Waals surface area contributed by atoms with Crippen LogP contribution in [0.5, 0.6) is 0 Å². The van der Waals surface area contributed by atoms with Crippen molar-refractivity contribution in [1.29, 1.82) is 0 Å². The van der Waals surface area contributed by atoms with Crippen LogP contribution >= 0.6 is 0 Å². The van der Waals surface area contributed by atoms with E-state index in [4.69, 9.17) is 4.74 Å². The van der Waals surface area contributed by atoms with Crippen LogP contribution in [0.3, 0.4) is 0 Å². The maximum absolute atomic E-state index is 12.2. The summed E-state index contributed by atoms with van der Waals surface area (Å²) in [5.74, 6) is 0.244. The average molecular weight is 364 g/mol. The van der Waals surface area contributed by atoms with Gasteiger partial charge in [-0.25, -0.2) is 0 Å². The molecule has 4 rings (SSSR count). The van der Waals surface area contributed by atoms with Crippen LogP contribution in [0.2, 0.25) is 0 Å². The fourth-order valence-corrected chi connectivity index (χ4v) is 3.99. The monoisotopic (exact) mass is 364 g/mol. The highest BCUT2D eigenvalue weighted by Crippen LogP contribution is 2.21. The smallest absolute Gasteiger partial charge is 0.225 e. The first-order valence-corrected chi connectivity index (χ1v) is 10.0. The Kier molecular flexibility index (Phi) is 5.85. The number of ether oxygens (including phenoxy) is 1. The fourth-order valence-electron chi connectivity index (χ4n) is 3.99. The molecule has 0 saturated carbocycles. The Labute approximate surface area is 161 Å². The van der Waals surface area contributed by atoms with Gasteiger partial charge in [-0.15, -0.1) is 0 Å². The molecule has 2 aliphatic rings. The molecule has 2 aromatic rings. The number of amides is 1. The summed E-state index contributed by atoms with van der Waals surface area (Å²) >= 11 is 0. The summed E-state index contributed by atoms with van der Waals surface area (Å²) in [6, 6.07) is 19.7. The van der Waals surface area contributed by atoms with Crippen LogP contribution < -0.4 is 5.32 Å². The number of piperidine rings is 1. The van der Waals surface area contributed by atoms with Crippen molar-refractivity contribution in [2.45, 2.75) is 31.8 Å². The summed E-state index contributed by atoms with van der Waals surface area (Å²) in [6.07, 6.45) is 2.92. The van der Waals surface area contributed by atoms with Crippen molar-refractivity contribution in [3.8, 4) is 11.1 Å². The van der Waals surface area contributed by atoms with Crippen LogP contribution in [0.15, 0.2) is 54.6 Å². The molecule has 1 atom stereocenters. The lowest BCUT2D eigenvalue weighted by atomic mass is 10.0. The van der Waals surface area contributed by atoms with E-state index in [-0.39, 0.29) is 11.8 Å². The van der Waals surface area contributed by atoms with Gasteiger partial charge in [-0.1, -0.05) is 54.6 Å². The molecule has 4 nitrogen and oxygen atoms in total. The third-order valence-corrected chi connectivity index (χ3v) is 5.70. The van der Waals surface area contributed by atoms with Gasteiger partial charge in [0.2, 0.25) is 5.91 Å². The van der Waals surface area contributed by atoms with Gasteiger partial charge in [-0.05, 0) is 36.0 Å². The van der Waals surface area contributed by atoms with E-state index in [1.165, 1.54) is 16.7 Å². The number of carbonyl (C=O) groups excluding carboxylic acids is 1. The predicted octanol–water partition coefficient (Wildman–Crippen LogP) is 3.47. The minimum atomic E-state index is 0.0613. The minimum absolute atomic E-state index is 0.0613. The number of nitrogens with one attached hydrogen (secondary N) is 1. The number of nitrogens with zero attached hydrogens (tertiary/aromatic N) is 1.